The van der Waals surface area contributed by atoms with Crippen molar-refractivity contribution in [2.45, 2.75) is 109 Å². The van der Waals surface area contributed by atoms with Crippen molar-refractivity contribution in [3.05, 3.63) is 46.5 Å². The van der Waals surface area contributed by atoms with Gasteiger partial charge in [0.25, 0.3) is 0 Å². The fourth-order valence-electron chi connectivity index (χ4n) is 8.28. The number of carbonyl (C=O) groups is 3. The Morgan fingerprint density at radius 3 is 1.45 bits per heavy atom. The van der Waals surface area contributed by atoms with Crippen molar-refractivity contribution in [1.29, 1.82) is 0 Å². The van der Waals surface area contributed by atoms with Crippen LogP contribution in [0.4, 0.5) is 9.59 Å². The maximum Gasteiger partial charge on any atom is 0.407 e. The molecule has 310 valence electrons. The third kappa shape index (κ3) is 10.1. The Hall–Kier alpha value is -4.47. The number of carbonyl (C=O) groups excluding carboxylic acids is 3. The standard InChI is InChI=1S/C21H31N3O5.C20H31N3O4/c1-21(2,3)29-20(26)23-15-10-16-13-9-18(28-5)17(27-4)8-12(13)6-7-24(16)11-14(15)19(22)25;1-20(2,3)27-19(24)22-15-10-16-13-9-18(26-5)17(25-4)8-12(13)6-7-23(16)11-14(15)21/h8-9,14-16H,6-7,10-11H2,1-5H3,(H2,22,25)(H,23,26);8-9,14-16H,6-7,10-11,21H2,1-5H3,(H,22,24)/t2*14-,15-,16-/m00/s1. The van der Waals surface area contributed by atoms with E-state index in [9.17, 15) is 14.4 Å². The van der Waals surface area contributed by atoms with E-state index in [-0.39, 0.29) is 24.2 Å². The highest BCUT2D eigenvalue weighted by Crippen LogP contribution is 2.44. The first kappa shape index (κ1) is 42.7. The van der Waals surface area contributed by atoms with Gasteiger partial charge in [0.2, 0.25) is 5.91 Å². The topological polar surface area (TPSA) is 189 Å². The Balaban J connectivity index is 0.000000215. The summed E-state index contributed by atoms with van der Waals surface area (Å²) in [6.07, 6.45) is 2.15. The predicted octanol–water partition coefficient (Wildman–Crippen LogP) is 4.23. The summed E-state index contributed by atoms with van der Waals surface area (Å²) in [5, 5.41) is 5.85. The Morgan fingerprint density at radius 1 is 0.643 bits per heavy atom. The minimum absolute atomic E-state index is 0.0501. The summed E-state index contributed by atoms with van der Waals surface area (Å²) < 4.78 is 32.6. The minimum Gasteiger partial charge on any atom is -0.493 e. The van der Waals surface area contributed by atoms with E-state index in [0.717, 1.165) is 56.0 Å². The highest BCUT2D eigenvalue weighted by atomic mass is 16.6. The number of piperidine rings is 2. The van der Waals surface area contributed by atoms with Gasteiger partial charge >= 0.3 is 12.2 Å². The van der Waals surface area contributed by atoms with Crippen LogP contribution in [0, 0.1) is 5.92 Å². The van der Waals surface area contributed by atoms with E-state index in [2.05, 4.69) is 32.6 Å². The summed E-state index contributed by atoms with van der Waals surface area (Å²) in [6.45, 7) is 14.0. The number of methoxy groups -OCH3 is 4. The molecule has 2 saturated heterocycles. The first-order valence-electron chi connectivity index (χ1n) is 19.4. The summed E-state index contributed by atoms with van der Waals surface area (Å²) in [4.78, 5) is 41.3. The van der Waals surface area contributed by atoms with Gasteiger partial charge in [-0.2, -0.15) is 0 Å². The number of primary amides is 1. The fraction of sp³-hybridized carbons (Fsp3) is 0.634. The smallest absolute Gasteiger partial charge is 0.407 e. The van der Waals surface area contributed by atoms with Gasteiger partial charge in [0.1, 0.15) is 11.2 Å². The van der Waals surface area contributed by atoms with Crippen LogP contribution in [0.15, 0.2) is 24.3 Å². The number of alkyl carbamates (subject to hydrolysis) is 2. The van der Waals surface area contributed by atoms with E-state index in [1.54, 1.807) is 49.2 Å². The van der Waals surface area contributed by atoms with Gasteiger partial charge in [0.05, 0.1) is 40.4 Å². The number of nitrogens with zero attached hydrogens (tertiary/aromatic N) is 2. The van der Waals surface area contributed by atoms with E-state index >= 15 is 0 Å². The normalized spacial score (nSPS) is 24.6. The molecule has 6 N–H and O–H groups in total. The first-order valence-corrected chi connectivity index (χ1v) is 19.4. The molecule has 0 aromatic heterocycles. The zero-order chi connectivity index (χ0) is 41.1. The molecule has 0 saturated carbocycles. The van der Waals surface area contributed by atoms with E-state index in [1.807, 2.05) is 32.9 Å². The molecule has 2 aromatic carbocycles. The summed E-state index contributed by atoms with van der Waals surface area (Å²) >= 11 is 0. The highest BCUT2D eigenvalue weighted by molar-refractivity contribution is 5.79. The fourth-order valence-corrected chi connectivity index (χ4v) is 8.28. The molecule has 56 heavy (non-hydrogen) atoms. The molecule has 0 unspecified atom stereocenters. The van der Waals surface area contributed by atoms with Crippen LogP contribution in [0.5, 0.6) is 23.0 Å². The average Bonchev–Trinajstić information content (AvgIpc) is 3.12. The average molecular weight is 783 g/mol. The van der Waals surface area contributed by atoms with Gasteiger partial charge in [-0.1, -0.05) is 0 Å². The first-order chi connectivity index (χ1) is 26.3. The minimum atomic E-state index is -0.617. The number of ether oxygens (including phenoxy) is 6. The van der Waals surface area contributed by atoms with Crippen molar-refractivity contribution in [2.24, 2.45) is 17.4 Å². The van der Waals surface area contributed by atoms with Crippen molar-refractivity contribution >= 4 is 18.1 Å². The van der Waals surface area contributed by atoms with Gasteiger partial charge in [-0.15, -0.1) is 0 Å². The molecule has 0 radical (unpaired) electrons. The molecule has 6 rings (SSSR count). The lowest BCUT2D eigenvalue weighted by atomic mass is 9.80. The van der Waals surface area contributed by atoms with Crippen LogP contribution in [0.25, 0.3) is 0 Å². The van der Waals surface area contributed by atoms with E-state index in [1.165, 1.54) is 16.7 Å². The monoisotopic (exact) mass is 782 g/mol. The number of nitrogens with two attached hydrogens (primary N) is 2. The third-order valence-electron chi connectivity index (χ3n) is 10.8. The molecule has 4 heterocycles. The number of amides is 3. The van der Waals surface area contributed by atoms with E-state index in [0.29, 0.717) is 24.5 Å². The Kier molecular flexibility index (Phi) is 13.2. The second-order valence-electron chi connectivity index (χ2n) is 17.0. The molecule has 6 atom stereocenters. The van der Waals surface area contributed by atoms with Crippen LogP contribution >= 0.6 is 0 Å². The third-order valence-corrected chi connectivity index (χ3v) is 10.8. The predicted molar refractivity (Wildman–Crippen MR) is 211 cm³/mol. The van der Waals surface area contributed by atoms with Crippen molar-refractivity contribution < 1.29 is 42.8 Å². The second-order valence-corrected chi connectivity index (χ2v) is 17.0. The molecule has 4 aliphatic heterocycles. The van der Waals surface area contributed by atoms with E-state index < -0.39 is 41.3 Å². The van der Waals surface area contributed by atoms with Crippen LogP contribution in [0.2, 0.25) is 0 Å². The number of hydrogen-bond acceptors (Lipinski definition) is 12. The number of rotatable bonds is 7. The maximum atomic E-state index is 12.3. The van der Waals surface area contributed by atoms with Crippen molar-refractivity contribution in [3.63, 3.8) is 0 Å². The summed E-state index contributed by atoms with van der Waals surface area (Å²) in [7, 11) is 6.54. The molecule has 0 spiro atoms. The molecule has 2 aromatic rings. The van der Waals surface area contributed by atoms with Gasteiger partial charge in [0.15, 0.2) is 23.0 Å². The molecule has 0 bridgehead atoms. The van der Waals surface area contributed by atoms with Gasteiger partial charge in [-0.05, 0) is 114 Å². The number of nitrogens with one attached hydrogen (secondary N) is 2. The lowest BCUT2D eigenvalue weighted by Crippen LogP contribution is -2.60. The Bertz CT molecular complexity index is 1740. The van der Waals surface area contributed by atoms with Crippen molar-refractivity contribution in [1.82, 2.24) is 20.4 Å². The molecule has 15 nitrogen and oxygen atoms in total. The second kappa shape index (κ2) is 17.3. The Labute approximate surface area is 331 Å². The number of hydrogen-bond donors (Lipinski definition) is 4. The molecular formula is C41H62N6O9. The van der Waals surface area contributed by atoms with Crippen LogP contribution < -0.4 is 41.0 Å². The largest absolute Gasteiger partial charge is 0.493 e. The van der Waals surface area contributed by atoms with Crippen LogP contribution in [-0.4, -0.2) is 112 Å². The lowest BCUT2D eigenvalue weighted by Gasteiger charge is -2.46. The SMILES string of the molecule is COc1cc2c(cc1OC)[C@@H]1C[C@H](NC(=O)OC(C)(C)C)[C@@H](C(N)=O)CN1CC2.COc1cc2c(cc1OC)[C@@H]1C[C@H](NC(=O)OC(C)(C)C)[C@@H](N)CN1CC2. The molecule has 0 aliphatic carbocycles. The van der Waals surface area contributed by atoms with E-state index in [4.69, 9.17) is 39.9 Å². The summed E-state index contributed by atoms with van der Waals surface area (Å²) in [5.41, 5.74) is 15.7. The van der Waals surface area contributed by atoms with Gasteiger partial charge in [-0.3, -0.25) is 14.6 Å². The molecule has 15 heteroatoms. The Morgan fingerprint density at radius 2 is 1.04 bits per heavy atom. The quantitative estimate of drug-likeness (QED) is 0.314. The molecule has 3 amide bonds. The van der Waals surface area contributed by atoms with Crippen LogP contribution in [-0.2, 0) is 27.1 Å². The van der Waals surface area contributed by atoms with Crippen LogP contribution in [0.3, 0.4) is 0 Å². The molecular weight excluding hydrogens is 720 g/mol. The highest BCUT2D eigenvalue weighted by Gasteiger charge is 2.43. The zero-order valence-electron chi connectivity index (χ0n) is 34.7. The number of benzene rings is 2. The zero-order valence-corrected chi connectivity index (χ0v) is 34.7. The molecule has 2 fully saturated rings. The lowest BCUT2D eigenvalue weighted by molar-refractivity contribution is -0.125. The number of fused-ring (bicyclic) bond motifs is 6. The van der Waals surface area contributed by atoms with Gasteiger partial charge in [0, 0.05) is 50.3 Å². The summed E-state index contributed by atoms with van der Waals surface area (Å²) in [6, 6.07) is 7.71. The molecule has 4 aliphatic rings. The van der Waals surface area contributed by atoms with Crippen LogP contribution in [0.1, 0.15) is 88.7 Å². The van der Waals surface area contributed by atoms with Crippen molar-refractivity contribution in [2.75, 3.05) is 54.6 Å². The van der Waals surface area contributed by atoms with Gasteiger partial charge < -0.3 is 50.5 Å². The maximum absolute atomic E-state index is 12.3. The van der Waals surface area contributed by atoms with Gasteiger partial charge in [-0.25, -0.2) is 9.59 Å². The summed E-state index contributed by atoms with van der Waals surface area (Å²) in [5.74, 6) is 1.96. The van der Waals surface area contributed by atoms with Crippen molar-refractivity contribution in [3.8, 4) is 23.0 Å².